The average Bonchev–Trinajstić information content (AvgIpc) is 2.30. The second-order valence-electron chi connectivity index (χ2n) is 3.78. The summed E-state index contributed by atoms with van der Waals surface area (Å²) in [5, 5.41) is 11.7. The van der Waals surface area contributed by atoms with Crippen LogP contribution in [-0.2, 0) is 0 Å². The molecular weight excluding hydrogens is 320 g/mol. The van der Waals surface area contributed by atoms with Gasteiger partial charge in [-0.25, -0.2) is 13.6 Å². The summed E-state index contributed by atoms with van der Waals surface area (Å²) in [7, 11) is 0. The summed E-state index contributed by atoms with van der Waals surface area (Å²) in [5.74, 6) is -2.39. The SMILES string of the molecule is O=C(O)c1cc(F)ccc1Nc1cc(F)cc(Br)c1. The fraction of sp³-hybridized carbons (Fsp3) is 0. The van der Waals surface area contributed by atoms with Gasteiger partial charge >= 0.3 is 5.97 Å². The molecule has 0 heterocycles. The Labute approximate surface area is 116 Å². The minimum absolute atomic E-state index is 0.186. The monoisotopic (exact) mass is 327 g/mol. The van der Waals surface area contributed by atoms with Crippen LogP contribution >= 0.6 is 15.9 Å². The summed E-state index contributed by atoms with van der Waals surface area (Å²) in [6.07, 6.45) is 0. The lowest BCUT2D eigenvalue weighted by Crippen LogP contribution is -2.03. The highest BCUT2D eigenvalue weighted by molar-refractivity contribution is 9.10. The van der Waals surface area contributed by atoms with Gasteiger partial charge in [0.05, 0.1) is 11.3 Å². The number of rotatable bonds is 3. The zero-order valence-electron chi connectivity index (χ0n) is 9.45. The number of anilines is 2. The van der Waals surface area contributed by atoms with E-state index in [2.05, 4.69) is 21.2 Å². The molecule has 0 aliphatic heterocycles. The number of carbonyl (C=O) groups is 1. The Kier molecular flexibility index (Phi) is 3.80. The topological polar surface area (TPSA) is 49.3 Å². The first-order chi connectivity index (χ1) is 8.95. The highest BCUT2D eigenvalue weighted by Crippen LogP contribution is 2.25. The lowest BCUT2D eigenvalue weighted by molar-refractivity contribution is 0.0697. The molecule has 0 aromatic heterocycles. The van der Waals surface area contributed by atoms with Crippen molar-refractivity contribution in [1.82, 2.24) is 0 Å². The number of nitrogens with one attached hydrogen (secondary N) is 1. The lowest BCUT2D eigenvalue weighted by Gasteiger charge is -2.10. The Morgan fingerprint density at radius 3 is 2.47 bits per heavy atom. The van der Waals surface area contributed by atoms with Crippen molar-refractivity contribution in [2.75, 3.05) is 5.32 Å². The van der Waals surface area contributed by atoms with Crippen LogP contribution in [0.15, 0.2) is 40.9 Å². The van der Waals surface area contributed by atoms with E-state index in [1.54, 1.807) is 6.07 Å². The molecule has 19 heavy (non-hydrogen) atoms. The zero-order valence-corrected chi connectivity index (χ0v) is 11.0. The summed E-state index contributed by atoms with van der Waals surface area (Å²) in [4.78, 5) is 11.0. The van der Waals surface area contributed by atoms with Crippen LogP contribution in [-0.4, -0.2) is 11.1 Å². The summed E-state index contributed by atoms with van der Waals surface area (Å²) < 4.78 is 26.7. The number of hydrogen-bond acceptors (Lipinski definition) is 2. The van der Waals surface area contributed by atoms with Crippen molar-refractivity contribution < 1.29 is 18.7 Å². The van der Waals surface area contributed by atoms with Gasteiger partial charge in [0.15, 0.2) is 0 Å². The molecule has 0 atom stereocenters. The van der Waals surface area contributed by atoms with E-state index in [1.807, 2.05) is 0 Å². The number of aromatic carboxylic acids is 1. The molecule has 0 fully saturated rings. The largest absolute Gasteiger partial charge is 0.478 e. The average molecular weight is 328 g/mol. The van der Waals surface area contributed by atoms with E-state index in [4.69, 9.17) is 5.11 Å². The van der Waals surface area contributed by atoms with Crippen molar-refractivity contribution in [3.63, 3.8) is 0 Å². The Morgan fingerprint density at radius 1 is 1.11 bits per heavy atom. The Morgan fingerprint density at radius 2 is 1.84 bits per heavy atom. The number of halogens is 3. The van der Waals surface area contributed by atoms with Crippen LogP contribution in [0.3, 0.4) is 0 Å². The van der Waals surface area contributed by atoms with Crippen LogP contribution in [0.5, 0.6) is 0 Å². The highest BCUT2D eigenvalue weighted by Gasteiger charge is 2.12. The van der Waals surface area contributed by atoms with Gasteiger partial charge in [-0.05, 0) is 36.4 Å². The molecule has 2 aromatic rings. The summed E-state index contributed by atoms with van der Waals surface area (Å²) in [6, 6.07) is 7.38. The van der Waals surface area contributed by atoms with Gasteiger partial charge in [-0.15, -0.1) is 0 Å². The van der Waals surface area contributed by atoms with E-state index in [9.17, 15) is 13.6 Å². The predicted octanol–water partition coefficient (Wildman–Crippen LogP) is 4.17. The van der Waals surface area contributed by atoms with E-state index in [0.29, 0.717) is 10.2 Å². The number of benzene rings is 2. The van der Waals surface area contributed by atoms with Crippen molar-refractivity contribution in [2.24, 2.45) is 0 Å². The van der Waals surface area contributed by atoms with Gasteiger partial charge in [0.25, 0.3) is 0 Å². The normalized spacial score (nSPS) is 10.3. The first kappa shape index (κ1) is 13.5. The molecule has 0 saturated carbocycles. The molecule has 0 aliphatic rings. The molecule has 0 saturated heterocycles. The molecule has 3 nitrogen and oxygen atoms in total. The predicted molar refractivity (Wildman–Crippen MR) is 70.7 cm³/mol. The second kappa shape index (κ2) is 5.36. The van der Waals surface area contributed by atoms with Crippen molar-refractivity contribution in [1.29, 1.82) is 0 Å². The van der Waals surface area contributed by atoms with Crippen LogP contribution in [0.4, 0.5) is 20.2 Å². The fourth-order valence-corrected chi connectivity index (χ4v) is 2.05. The molecule has 2 rings (SSSR count). The summed E-state index contributed by atoms with van der Waals surface area (Å²) in [5.41, 5.74) is 0.327. The maximum atomic E-state index is 13.2. The molecule has 98 valence electrons. The van der Waals surface area contributed by atoms with Gasteiger partial charge in [-0.1, -0.05) is 15.9 Å². The zero-order chi connectivity index (χ0) is 14.0. The fourth-order valence-electron chi connectivity index (χ4n) is 1.58. The molecule has 0 unspecified atom stereocenters. The quantitative estimate of drug-likeness (QED) is 0.889. The third kappa shape index (κ3) is 3.29. The van der Waals surface area contributed by atoms with E-state index < -0.39 is 17.6 Å². The summed E-state index contributed by atoms with van der Waals surface area (Å²) >= 11 is 3.13. The Hall–Kier alpha value is -1.95. The smallest absolute Gasteiger partial charge is 0.337 e. The molecule has 0 bridgehead atoms. The van der Waals surface area contributed by atoms with Gasteiger partial charge in [-0.3, -0.25) is 0 Å². The minimum Gasteiger partial charge on any atom is -0.478 e. The van der Waals surface area contributed by atoms with E-state index in [-0.39, 0.29) is 11.3 Å². The maximum Gasteiger partial charge on any atom is 0.337 e. The van der Waals surface area contributed by atoms with Crippen LogP contribution < -0.4 is 5.32 Å². The van der Waals surface area contributed by atoms with E-state index in [0.717, 1.165) is 12.1 Å². The van der Waals surface area contributed by atoms with Gasteiger partial charge in [0.1, 0.15) is 11.6 Å². The number of carboxylic acid groups (broad SMARTS) is 1. The molecule has 2 N–H and O–H groups in total. The van der Waals surface area contributed by atoms with Crippen molar-refractivity contribution >= 4 is 33.3 Å². The highest BCUT2D eigenvalue weighted by atomic mass is 79.9. The summed E-state index contributed by atoms with van der Waals surface area (Å²) in [6.45, 7) is 0. The van der Waals surface area contributed by atoms with E-state index >= 15 is 0 Å². The van der Waals surface area contributed by atoms with Gasteiger partial charge < -0.3 is 10.4 Å². The first-order valence-electron chi connectivity index (χ1n) is 5.21. The first-order valence-corrected chi connectivity index (χ1v) is 6.01. The lowest BCUT2D eigenvalue weighted by atomic mass is 10.1. The Balaban J connectivity index is 2.40. The third-order valence-electron chi connectivity index (χ3n) is 2.35. The van der Waals surface area contributed by atoms with Crippen molar-refractivity contribution in [3.8, 4) is 0 Å². The number of hydrogen-bond donors (Lipinski definition) is 2. The maximum absolute atomic E-state index is 13.2. The van der Waals surface area contributed by atoms with Gasteiger partial charge in [0, 0.05) is 10.2 Å². The molecular formula is C13H8BrF2NO2. The van der Waals surface area contributed by atoms with Gasteiger partial charge in [-0.2, -0.15) is 0 Å². The van der Waals surface area contributed by atoms with Crippen molar-refractivity contribution in [2.45, 2.75) is 0 Å². The van der Waals surface area contributed by atoms with E-state index in [1.165, 1.54) is 18.2 Å². The molecule has 0 aliphatic carbocycles. The molecule has 0 spiro atoms. The standard InChI is InChI=1S/C13H8BrF2NO2/c14-7-3-9(16)5-10(4-7)17-12-2-1-8(15)6-11(12)13(18)19/h1-6,17H,(H,18,19). The molecule has 0 amide bonds. The molecule has 6 heteroatoms. The molecule has 2 aromatic carbocycles. The second-order valence-corrected chi connectivity index (χ2v) is 4.69. The van der Waals surface area contributed by atoms with Crippen LogP contribution in [0.25, 0.3) is 0 Å². The van der Waals surface area contributed by atoms with Crippen LogP contribution in [0.1, 0.15) is 10.4 Å². The minimum atomic E-state index is -1.27. The van der Waals surface area contributed by atoms with Crippen molar-refractivity contribution in [3.05, 3.63) is 58.1 Å². The molecule has 0 radical (unpaired) electrons. The van der Waals surface area contributed by atoms with Crippen LogP contribution in [0.2, 0.25) is 0 Å². The Bertz CT molecular complexity index is 626. The van der Waals surface area contributed by atoms with Gasteiger partial charge in [0.2, 0.25) is 0 Å². The van der Waals surface area contributed by atoms with Crippen LogP contribution in [0, 0.1) is 11.6 Å². The number of carboxylic acids is 1. The third-order valence-corrected chi connectivity index (χ3v) is 2.81.